The first-order valence-corrected chi connectivity index (χ1v) is 6.69. The van der Waals surface area contributed by atoms with Crippen LogP contribution in [0.25, 0.3) is 0 Å². The van der Waals surface area contributed by atoms with Crippen LogP contribution in [0.3, 0.4) is 0 Å². The molecule has 19 heavy (non-hydrogen) atoms. The molecule has 5 nitrogen and oxygen atoms in total. The van der Waals surface area contributed by atoms with E-state index in [-0.39, 0.29) is 28.6 Å². The zero-order valence-electron chi connectivity index (χ0n) is 10.9. The number of nitro benzene ring substituents is 1. The molecule has 0 radical (unpaired) electrons. The molecule has 1 aliphatic rings. The summed E-state index contributed by atoms with van der Waals surface area (Å²) in [4.78, 5) is 10.8. The summed E-state index contributed by atoms with van der Waals surface area (Å²) in [5.74, 6) is -0.151. The molecule has 0 aromatic heterocycles. The Morgan fingerprint density at radius 3 is 2.53 bits per heavy atom. The van der Waals surface area contributed by atoms with E-state index in [0.717, 1.165) is 25.7 Å². The summed E-state index contributed by atoms with van der Waals surface area (Å²) in [6.07, 6.45) is 3.88. The SMILES string of the molecule is NC[C@@H](c1ccccc1[N+](=O)[O-])C1(CO)CCCC1. The van der Waals surface area contributed by atoms with Crippen LogP contribution in [0.2, 0.25) is 0 Å². The van der Waals surface area contributed by atoms with Crippen LogP contribution in [0.15, 0.2) is 24.3 Å². The van der Waals surface area contributed by atoms with Crippen LogP contribution < -0.4 is 5.73 Å². The van der Waals surface area contributed by atoms with Crippen molar-refractivity contribution in [3.8, 4) is 0 Å². The lowest BCUT2D eigenvalue weighted by atomic mass is 9.71. The van der Waals surface area contributed by atoms with E-state index >= 15 is 0 Å². The Hall–Kier alpha value is -1.46. The van der Waals surface area contributed by atoms with E-state index in [4.69, 9.17) is 5.73 Å². The molecule has 0 bridgehead atoms. The lowest BCUT2D eigenvalue weighted by molar-refractivity contribution is -0.385. The number of para-hydroxylation sites is 1. The molecule has 2 rings (SSSR count). The predicted octanol–water partition coefficient (Wildman–Crippen LogP) is 2.19. The average Bonchev–Trinajstić information content (AvgIpc) is 2.90. The molecule has 0 unspecified atom stereocenters. The van der Waals surface area contributed by atoms with Crippen molar-refractivity contribution in [1.29, 1.82) is 0 Å². The van der Waals surface area contributed by atoms with Crippen LogP contribution in [0, 0.1) is 15.5 Å². The lowest BCUT2D eigenvalue weighted by Crippen LogP contribution is -2.35. The van der Waals surface area contributed by atoms with Crippen molar-refractivity contribution in [1.82, 2.24) is 0 Å². The maximum atomic E-state index is 11.2. The van der Waals surface area contributed by atoms with Crippen molar-refractivity contribution in [3.63, 3.8) is 0 Å². The number of nitro groups is 1. The highest BCUT2D eigenvalue weighted by atomic mass is 16.6. The van der Waals surface area contributed by atoms with Crippen molar-refractivity contribution in [2.24, 2.45) is 11.1 Å². The van der Waals surface area contributed by atoms with Gasteiger partial charge in [0.15, 0.2) is 0 Å². The number of nitrogens with two attached hydrogens (primary N) is 1. The fourth-order valence-corrected chi connectivity index (χ4v) is 3.35. The van der Waals surface area contributed by atoms with E-state index in [0.29, 0.717) is 12.1 Å². The molecule has 1 atom stereocenters. The highest BCUT2D eigenvalue weighted by molar-refractivity contribution is 5.43. The van der Waals surface area contributed by atoms with Gasteiger partial charge in [-0.2, -0.15) is 0 Å². The second kappa shape index (κ2) is 5.67. The Labute approximate surface area is 112 Å². The van der Waals surface area contributed by atoms with Gasteiger partial charge < -0.3 is 10.8 Å². The monoisotopic (exact) mass is 264 g/mol. The molecule has 1 saturated carbocycles. The number of hydrogen-bond acceptors (Lipinski definition) is 4. The van der Waals surface area contributed by atoms with Gasteiger partial charge in [0.05, 0.1) is 4.92 Å². The van der Waals surface area contributed by atoms with Crippen molar-refractivity contribution in [2.75, 3.05) is 13.2 Å². The smallest absolute Gasteiger partial charge is 0.272 e. The topological polar surface area (TPSA) is 89.4 Å². The third-order valence-electron chi connectivity index (χ3n) is 4.40. The molecule has 1 aliphatic carbocycles. The summed E-state index contributed by atoms with van der Waals surface area (Å²) in [5.41, 5.74) is 6.36. The lowest BCUT2D eigenvalue weighted by Gasteiger charge is -2.35. The number of rotatable bonds is 5. The van der Waals surface area contributed by atoms with Crippen molar-refractivity contribution >= 4 is 5.69 Å². The van der Waals surface area contributed by atoms with Crippen molar-refractivity contribution in [3.05, 3.63) is 39.9 Å². The van der Waals surface area contributed by atoms with Crippen molar-refractivity contribution < 1.29 is 10.0 Å². The molecule has 0 amide bonds. The molecular formula is C14H20N2O3. The molecule has 0 saturated heterocycles. The molecule has 0 aliphatic heterocycles. The Morgan fingerprint density at radius 2 is 2.00 bits per heavy atom. The van der Waals surface area contributed by atoms with E-state index in [1.54, 1.807) is 18.2 Å². The van der Waals surface area contributed by atoms with Gasteiger partial charge in [-0.15, -0.1) is 0 Å². The van der Waals surface area contributed by atoms with Gasteiger partial charge in [0.2, 0.25) is 0 Å². The molecule has 1 aromatic carbocycles. The molecule has 1 aromatic rings. The maximum Gasteiger partial charge on any atom is 0.272 e. The number of benzene rings is 1. The van der Waals surface area contributed by atoms with Gasteiger partial charge in [0, 0.05) is 36.1 Å². The summed E-state index contributed by atoms with van der Waals surface area (Å²) >= 11 is 0. The first-order chi connectivity index (χ1) is 9.14. The number of aliphatic hydroxyl groups is 1. The summed E-state index contributed by atoms with van der Waals surface area (Å²) in [5, 5.41) is 20.9. The molecular weight excluding hydrogens is 244 g/mol. The minimum Gasteiger partial charge on any atom is -0.396 e. The van der Waals surface area contributed by atoms with Crippen molar-refractivity contribution in [2.45, 2.75) is 31.6 Å². The summed E-state index contributed by atoms with van der Waals surface area (Å²) in [6, 6.07) is 6.74. The molecule has 104 valence electrons. The minimum atomic E-state index is -0.363. The van der Waals surface area contributed by atoms with Gasteiger partial charge in [-0.05, 0) is 12.8 Å². The third kappa shape index (κ3) is 2.48. The van der Waals surface area contributed by atoms with Gasteiger partial charge in [0.1, 0.15) is 0 Å². The quantitative estimate of drug-likeness (QED) is 0.630. The molecule has 5 heteroatoms. The average molecular weight is 264 g/mol. The Bertz CT molecular complexity index is 456. The molecule has 1 fully saturated rings. The fourth-order valence-electron chi connectivity index (χ4n) is 3.35. The summed E-state index contributed by atoms with van der Waals surface area (Å²) in [6.45, 7) is 0.367. The van der Waals surface area contributed by atoms with E-state index in [9.17, 15) is 15.2 Å². The van der Waals surface area contributed by atoms with Crippen LogP contribution >= 0.6 is 0 Å². The van der Waals surface area contributed by atoms with E-state index in [1.807, 2.05) is 0 Å². The fraction of sp³-hybridized carbons (Fsp3) is 0.571. The Morgan fingerprint density at radius 1 is 1.37 bits per heavy atom. The maximum absolute atomic E-state index is 11.2. The van der Waals surface area contributed by atoms with Crippen LogP contribution in [0.1, 0.15) is 37.2 Å². The second-order valence-corrected chi connectivity index (χ2v) is 5.33. The Balaban J connectivity index is 2.44. The van der Waals surface area contributed by atoms with Gasteiger partial charge >= 0.3 is 0 Å². The number of nitrogens with zero attached hydrogens (tertiary/aromatic N) is 1. The largest absolute Gasteiger partial charge is 0.396 e. The van der Waals surface area contributed by atoms with Crippen LogP contribution in [0.4, 0.5) is 5.69 Å². The molecule has 0 spiro atoms. The number of aliphatic hydroxyl groups excluding tert-OH is 1. The standard InChI is InChI=1S/C14H20N2O3/c15-9-12(14(10-17)7-3-4-8-14)11-5-1-2-6-13(11)16(18)19/h1-2,5-6,12,17H,3-4,7-10,15H2/t12-/m0/s1. The molecule has 3 N–H and O–H groups in total. The minimum absolute atomic E-state index is 0.0426. The predicted molar refractivity (Wildman–Crippen MR) is 72.9 cm³/mol. The zero-order valence-corrected chi connectivity index (χ0v) is 10.9. The van der Waals surface area contributed by atoms with Gasteiger partial charge in [-0.25, -0.2) is 0 Å². The van der Waals surface area contributed by atoms with Gasteiger partial charge in [0.25, 0.3) is 5.69 Å². The first-order valence-electron chi connectivity index (χ1n) is 6.69. The third-order valence-corrected chi connectivity index (χ3v) is 4.40. The first kappa shape index (κ1) is 14.0. The van der Waals surface area contributed by atoms with Crippen LogP contribution in [0.5, 0.6) is 0 Å². The highest BCUT2D eigenvalue weighted by Crippen LogP contribution is 2.49. The van der Waals surface area contributed by atoms with Crippen LogP contribution in [-0.2, 0) is 0 Å². The van der Waals surface area contributed by atoms with E-state index < -0.39 is 0 Å². The van der Waals surface area contributed by atoms with E-state index in [1.165, 1.54) is 6.07 Å². The Kier molecular flexibility index (Phi) is 4.17. The van der Waals surface area contributed by atoms with Gasteiger partial charge in [-0.3, -0.25) is 10.1 Å². The number of hydrogen-bond donors (Lipinski definition) is 2. The summed E-state index contributed by atoms with van der Waals surface area (Å²) < 4.78 is 0. The second-order valence-electron chi connectivity index (χ2n) is 5.33. The molecule has 0 heterocycles. The normalized spacial score (nSPS) is 19.3. The van der Waals surface area contributed by atoms with E-state index in [2.05, 4.69) is 0 Å². The van der Waals surface area contributed by atoms with Gasteiger partial charge in [-0.1, -0.05) is 31.0 Å². The zero-order chi connectivity index (χ0) is 13.9. The highest BCUT2D eigenvalue weighted by Gasteiger charge is 2.42. The summed E-state index contributed by atoms with van der Waals surface area (Å²) in [7, 11) is 0. The van der Waals surface area contributed by atoms with Crippen LogP contribution in [-0.4, -0.2) is 23.2 Å².